The van der Waals surface area contributed by atoms with Crippen LogP contribution in [0.3, 0.4) is 0 Å². The van der Waals surface area contributed by atoms with Crippen molar-refractivity contribution in [2.75, 3.05) is 20.5 Å². The van der Waals surface area contributed by atoms with Gasteiger partial charge in [-0.25, -0.2) is 13.9 Å². The summed E-state index contributed by atoms with van der Waals surface area (Å²) in [6, 6.07) is 9.80. The third kappa shape index (κ3) is 4.44. The first-order valence-corrected chi connectivity index (χ1v) is 10.5. The summed E-state index contributed by atoms with van der Waals surface area (Å²) in [6.07, 6.45) is 1.82. The Morgan fingerprint density at radius 3 is 2.43 bits per heavy atom. The van der Waals surface area contributed by atoms with E-state index in [0.717, 1.165) is 0 Å². The van der Waals surface area contributed by atoms with Crippen LogP contribution in [0.15, 0.2) is 46.1 Å². The van der Waals surface area contributed by atoms with E-state index in [9.17, 15) is 14.0 Å². The average Bonchev–Trinajstić information content (AvgIpc) is 2.72. The standard InChI is InChI=1S/C19H19BFN2O5PS/c1-26-12-8-13-15(14(9-12)30-3)17(24)16(18(25)27-2)22-23(13)10-4-6-11(7-5-10)28-19(20,21)29/h4-9H,20,29H2,1-3H3. The van der Waals surface area contributed by atoms with Gasteiger partial charge in [-0.3, -0.25) is 4.79 Å². The van der Waals surface area contributed by atoms with Crippen molar-refractivity contribution in [3.8, 4) is 17.2 Å². The summed E-state index contributed by atoms with van der Waals surface area (Å²) in [5.41, 5.74) is -1.81. The quantitative estimate of drug-likeness (QED) is 0.248. The second-order valence-corrected chi connectivity index (χ2v) is 8.27. The molecular formula is C19H19BFN2O5PS. The van der Waals surface area contributed by atoms with Crippen LogP contribution in [0.5, 0.6) is 11.5 Å². The van der Waals surface area contributed by atoms with Gasteiger partial charge >= 0.3 is 5.97 Å². The van der Waals surface area contributed by atoms with Gasteiger partial charge in [0.05, 0.1) is 30.8 Å². The molecule has 3 rings (SSSR count). The molecule has 0 spiro atoms. The number of halogens is 1. The number of benzene rings is 2. The molecule has 0 saturated heterocycles. The number of nitrogens with zero attached hydrogens (tertiary/aromatic N) is 2. The lowest BCUT2D eigenvalue weighted by atomic mass is 10.1. The third-order valence-corrected chi connectivity index (χ3v) is 5.04. The molecule has 7 nitrogen and oxygen atoms in total. The van der Waals surface area contributed by atoms with Crippen molar-refractivity contribution in [2.45, 2.75) is 10.4 Å². The number of carbonyl (C=O) groups excluding carboxylic acids is 1. The Hall–Kier alpha value is -2.58. The maximum Gasteiger partial charge on any atom is 0.362 e. The van der Waals surface area contributed by atoms with Gasteiger partial charge in [-0.15, -0.1) is 11.8 Å². The highest BCUT2D eigenvalue weighted by Gasteiger charge is 2.22. The van der Waals surface area contributed by atoms with Gasteiger partial charge in [0.2, 0.25) is 24.5 Å². The van der Waals surface area contributed by atoms with Crippen molar-refractivity contribution in [1.82, 2.24) is 9.78 Å². The minimum absolute atomic E-state index is 0.305. The van der Waals surface area contributed by atoms with E-state index in [0.29, 0.717) is 33.0 Å². The number of thioether (sulfide) groups is 1. The number of fused-ring (bicyclic) bond motifs is 1. The molecule has 156 valence electrons. The first-order valence-electron chi connectivity index (χ1n) is 8.73. The molecular weight excluding hydrogens is 429 g/mol. The van der Waals surface area contributed by atoms with E-state index in [2.05, 4.69) is 5.10 Å². The SMILES string of the molecule is BC(F)(P)Oc1ccc(-n2nc(C(=O)OC)c(=O)c3c(SC)cc(OC)cc32)cc1. The number of hydrogen-bond acceptors (Lipinski definition) is 7. The minimum atomic E-state index is -1.91. The van der Waals surface area contributed by atoms with Gasteiger partial charge in [0.15, 0.2) is 0 Å². The van der Waals surface area contributed by atoms with E-state index in [4.69, 9.17) is 14.2 Å². The van der Waals surface area contributed by atoms with Crippen LogP contribution in [0.4, 0.5) is 4.39 Å². The number of aromatic nitrogens is 2. The highest BCUT2D eigenvalue weighted by Crippen LogP contribution is 2.31. The Morgan fingerprint density at radius 2 is 1.90 bits per heavy atom. The molecule has 0 fully saturated rings. The lowest BCUT2D eigenvalue weighted by molar-refractivity contribution is 0.0590. The smallest absolute Gasteiger partial charge is 0.362 e. The maximum absolute atomic E-state index is 13.7. The number of ether oxygens (including phenoxy) is 3. The molecule has 0 aliphatic rings. The van der Waals surface area contributed by atoms with E-state index in [1.54, 1.807) is 36.4 Å². The summed E-state index contributed by atoms with van der Waals surface area (Å²) in [6.45, 7) is 0. The maximum atomic E-state index is 13.7. The predicted octanol–water partition coefficient (Wildman–Crippen LogP) is 2.37. The Kier molecular flexibility index (Phi) is 6.38. The van der Waals surface area contributed by atoms with E-state index in [-0.39, 0.29) is 5.69 Å². The number of carbonyl (C=O) groups is 1. The molecule has 3 aromatic rings. The largest absolute Gasteiger partial charge is 0.497 e. The van der Waals surface area contributed by atoms with Crippen molar-refractivity contribution in [2.24, 2.45) is 0 Å². The Bertz CT molecular complexity index is 1160. The van der Waals surface area contributed by atoms with Crippen LogP contribution in [0.25, 0.3) is 16.6 Å². The second-order valence-electron chi connectivity index (χ2n) is 6.39. The molecule has 0 amide bonds. The molecule has 30 heavy (non-hydrogen) atoms. The zero-order chi connectivity index (χ0) is 22.1. The van der Waals surface area contributed by atoms with E-state index in [1.165, 1.54) is 38.5 Å². The van der Waals surface area contributed by atoms with Crippen molar-refractivity contribution in [1.29, 1.82) is 0 Å². The van der Waals surface area contributed by atoms with Gasteiger partial charge in [-0.2, -0.15) is 5.10 Å². The minimum Gasteiger partial charge on any atom is -0.497 e. The van der Waals surface area contributed by atoms with Crippen LogP contribution >= 0.6 is 21.0 Å². The molecule has 1 heterocycles. The molecule has 2 atom stereocenters. The first kappa shape index (κ1) is 22.1. The summed E-state index contributed by atoms with van der Waals surface area (Å²) < 4.78 is 30.4. The summed E-state index contributed by atoms with van der Waals surface area (Å²) in [5, 5.41) is 4.56. The monoisotopic (exact) mass is 448 g/mol. The summed E-state index contributed by atoms with van der Waals surface area (Å²) in [5.74, 6) is -0.00173. The van der Waals surface area contributed by atoms with Gasteiger partial charge in [0, 0.05) is 11.0 Å². The van der Waals surface area contributed by atoms with Crippen molar-refractivity contribution < 1.29 is 23.4 Å². The zero-order valence-electron chi connectivity index (χ0n) is 16.8. The molecule has 0 aliphatic carbocycles. The van der Waals surface area contributed by atoms with Crippen LogP contribution in [-0.2, 0) is 4.74 Å². The highest BCUT2D eigenvalue weighted by molar-refractivity contribution is 7.98. The fourth-order valence-electron chi connectivity index (χ4n) is 2.88. The Balaban J connectivity index is 2.30. The molecule has 0 radical (unpaired) electrons. The van der Waals surface area contributed by atoms with Crippen molar-refractivity contribution in [3.05, 3.63) is 52.3 Å². The van der Waals surface area contributed by atoms with Gasteiger partial charge in [0.25, 0.3) is 0 Å². The third-order valence-electron chi connectivity index (χ3n) is 4.16. The summed E-state index contributed by atoms with van der Waals surface area (Å²) in [7, 11) is 5.93. The van der Waals surface area contributed by atoms with Crippen molar-refractivity contribution in [3.63, 3.8) is 0 Å². The molecule has 11 heteroatoms. The van der Waals surface area contributed by atoms with E-state index < -0.39 is 16.9 Å². The summed E-state index contributed by atoms with van der Waals surface area (Å²) in [4.78, 5) is 25.8. The number of hydrogen-bond donors (Lipinski definition) is 0. The molecule has 2 aromatic carbocycles. The van der Waals surface area contributed by atoms with Gasteiger partial charge in [0.1, 0.15) is 11.5 Å². The molecule has 2 unspecified atom stereocenters. The van der Waals surface area contributed by atoms with Crippen LogP contribution in [0.1, 0.15) is 10.5 Å². The lowest BCUT2D eigenvalue weighted by Crippen LogP contribution is -2.24. The van der Waals surface area contributed by atoms with Crippen LogP contribution in [0.2, 0.25) is 0 Å². The number of alkyl halides is 1. The van der Waals surface area contributed by atoms with Crippen molar-refractivity contribution >= 4 is 45.7 Å². The molecule has 1 aromatic heterocycles. The molecule has 0 bridgehead atoms. The van der Waals surface area contributed by atoms with Crippen LogP contribution in [-0.4, -0.2) is 49.6 Å². The average molecular weight is 448 g/mol. The molecule has 0 aliphatic heterocycles. The number of rotatable bonds is 6. The first-order chi connectivity index (χ1) is 14.2. The van der Waals surface area contributed by atoms with Gasteiger partial charge in [-0.05, 0) is 36.6 Å². The highest BCUT2D eigenvalue weighted by atomic mass is 32.2. The lowest BCUT2D eigenvalue weighted by Gasteiger charge is -2.18. The Morgan fingerprint density at radius 1 is 1.23 bits per heavy atom. The number of esters is 1. The summed E-state index contributed by atoms with van der Waals surface area (Å²) >= 11 is 1.35. The van der Waals surface area contributed by atoms with Crippen LogP contribution < -0.4 is 14.9 Å². The van der Waals surface area contributed by atoms with E-state index in [1.807, 2.05) is 15.5 Å². The second kappa shape index (κ2) is 8.66. The normalized spacial score (nSPS) is 13.0. The molecule has 0 N–H and O–H groups in total. The van der Waals surface area contributed by atoms with Gasteiger partial charge < -0.3 is 14.2 Å². The Labute approximate surface area is 179 Å². The zero-order valence-corrected chi connectivity index (χ0v) is 18.7. The number of methoxy groups -OCH3 is 2. The molecule has 0 saturated carbocycles. The van der Waals surface area contributed by atoms with E-state index >= 15 is 0 Å². The topological polar surface area (TPSA) is 79.7 Å². The fourth-order valence-corrected chi connectivity index (χ4v) is 3.65. The predicted molar refractivity (Wildman–Crippen MR) is 120 cm³/mol. The van der Waals surface area contributed by atoms with Gasteiger partial charge in [-0.1, -0.05) is 9.24 Å². The fraction of sp³-hybridized carbons (Fsp3) is 0.211. The van der Waals surface area contributed by atoms with Crippen LogP contribution in [0, 0.1) is 0 Å².